The Bertz CT molecular complexity index is 406. The number of thioether (sulfide) groups is 1. The zero-order valence-electron chi connectivity index (χ0n) is 9.45. The normalized spacial score (nSPS) is 13.4. The average molecular weight is 299 g/mol. The summed E-state index contributed by atoms with van der Waals surface area (Å²) in [5.74, 6) is -0.708. The molecule has 1 unspecified atom stereocenters. The summed E-state index contributed by atoms with van der Waals surface area (Å²) in [4.78, 5) is 15.5. The van der Waals surface area contributed by atoms with Gasteiger partial charge in [0.2, 0.25) is 0 Å². The number of aromatic nitrogens is 1. The van der Waals surface area contributed by atoms with E-state index >= 15 is 0 Å². The van der Waals surface area contributed by atoms with Gasteiger partial charge in [0, 0.05) is 17.7 Å². The second kappa shape index (κ2) is 6.39. The van der Waals surface area contributed by atoms with Crippen LogP contribution in [0.4, 0.5) is 13.2 Å². The lowest BCUT2D eigenvalue weighted by atomic mass is 10.4. The number of amides is 1. The molecule has 9 heteroatoms. The predicted octanol–water partition coefficient (Wildman–Crippen LogP) is 2.15. The highest BCUT2D eigenvalue weighted by Gasteiger charge is 2.27. The highest BCUT2D eigenvalue weighted by molar-refractivity contribution is 8.00. The molecular weight excluding hydrogens is 287 g/mol. The van der Waals surface area contributed by atoms with E-state index in [0.29, 0.717) is 5.01 Å². The van der Waals surface area contributed by atoms with E-state index in [9.17, 15) is 18.0 Å². The number of nitrogens with zero attached hydrogens (tertiary/aromatic N) is 1. The molecule has 4 nitrogen and oxygen atoms in total. The Morgan fingerprint density at radius 3 is 2.83 bits per heavy atom. The molecular formula is C9H12F3N3OS2. The number of halogens is 3. The molecule has 0 aliphatic carbocycles. The zero-order valence-corrected chi connectivity index (χ0v) is 11.1. The number of thiazole rings is 1. The molecule has 1 rings (SSSR count). The standard InChI is InChI=1S/C9H12F3N3OS2/c1-5(13)8-15-6(4-17-8)7(16)14-2-3-18-9(10,11)12/h4-5H,2-3,13H2,1H3,(H,14,16). The molecule has 0 fully saturated rings. The van der Waals surface area contributed by atoms with Gasteiger partial charge in [-0.3, -0.25) is 4.79 Å². The summed E-state index contributed by atoms with van der Waals surface area (Å²) >= 11 is 1.08. The van der Waals surface area contributed by atoms with Gasteiger partial charge in [-0.25, -0.2) is 4.98 Å². The van der Waals surface area contributed by atoms with Crippen LogP contribution in [-0.4, -0.2) is 28.7 Å². The highest BCUT2D eigenvalue weighted by atomic mass is 32.2. The van der Waals surface area contributed by atoms with Gasteiger partial charge in [0.05, 0.1) is 6.04 Å². The van der Waals surface area contributed by atoms with Crippen LogP contribution in [0.1, 0.15) is 28.5 Å². The minimum absolute atomic E-state index is 0.0615. The monoisotopic (exact) mass is 299 g/mol. The van der Waals surface area contributed by atoms with E-state index in [1.165, 1.54) is 16.7 Å². The van der Waals surface area contributed by atoms with E-state index in [0.717, 1.165) is 0 Å². The molecule has 0 aromatic carbocycles. The van der Waals surface area contributed by atoms with Gasteiger partial charge in [0.15, 0.2) is 0 Å². The van der Waals surface area contributed by atoms with Crippen molar-refractivity contribution in [2.24, 2.45) is 5.73 Å². The maximum atomic E-state index is 11.8. The average Bonchev–Trinajstić information content (AvgIpc) is 2.72. The largest absolute Gasteiger partial charge is 0.441 e. The number of alkyl halides is 3. The molecule has 0 saturated heterocycles. The number of nitrogens with two attached hydrogens (primary N) is 1. The van der Waals surface area contributed by atoms with E-state index in [-0.39, 0.29) is 35.8 Å². The van der Waals surface area contributed by atoms with Crippen LogP contribution >= 0.6 is 23.1 Å². The van der Waals surface area contributed by atoms with Crippen molar-refractivity contribution in [1.29, 1.82) is 0 Å². The predicted molar refractivity (Wildman–Crippen MR) is 65.6 cm³/mol. The van der Waals surface area contributed by atoms with Gasteiger partial charge in [-0.1, -0.05) is 0 Å². The molecule has 1 aromatic rings. The third-order valence-corrected chi connectivity index (χ3v) is 3.58. The summed E-state index contributed by atoms with van der Waals surface area (Å²) in [6.07, 6.45) is 0. The fraction of sp³-hybridized carbons (Fsp3) is 0.556. The number of nitrogens with one attached hydrogen (secondary N) is 1. The van der Waals surface area contributed by atoms with Gasteiger partial charge < -0.3 is 11.1 Å². The van der Waals surface area contributed by atoms with E-state index in [4.69, 9.17) is 5.73 Å². The van der Waals surface area contributed by atoms with Crippen molar-refractivity contribution in [2.45, 2.75) is 18.5 Å². The third kappa shape index (κ3) is 5.23. The topological polar surface area (TPSA) is 68.0 Å². The van der Waals surface area contributed by atoms with Crippen molar-refractivity contribution in [2.75, 3.05) is 12.3 Å². The Balaban J connectivity index is 2.36. The van der Waals surface area contributed by atoms with Crippen LogP contribution in [0.25, 0.3) is 0 Å². The summed E-state index contributed by atoms with van der Waals surface area (Å²) in [7, 11) is 0. The molecule has 0 saturated carbocycles. The van der Waals surface area contributed by atoms with Crippen molar-refractivity contribution in [1.82, 2.24) is 10.3 Å². The van der Waals surface area contributed by atoms with E-state index in [1.807, 2.05) is 0 Å². The summed E-state index contributed by atoms with van der Waals surface area (Å²) < 4.78 is 35.5. The Morgan fingerprint density at radius 1 is 1.67 bits per heavy atom. The van der Waals surface area contributed by atoms with Gasteiger partial charge in [-0.2, -0.15) is 13.2 Å². The number of carbonyl (C=O) groups excluding carboxylic acids is 1. The SMILES string of the molecule is CC(N)c1nc(C(=O)NCCSC(F)(F)F)cs1. The first-order valence-corrected chi connectivity index (χ1v) is 6.86. The summed E-state index contributed by atoms with van der Waals surface area (Å²) in [5, 5.41) is 4.52. The second-order valence-corrected chi connectivity index (χ2v) is 5.46. The maximum Gasteiger partial charge on any atom is 0.441 e. The summed E-state index contributed by atoms with van der Waals surface area (Å²) in [5.41, 5.74) is 1.50. The first kappa shape index (κ1) is 15.3. The fourth-order valence-corrected chi connectivity index (χ4v) is 2.22. The summed E-state index contributed by atoms with van der Waals surface area (Å²) in [6, 6.07) is -0.266. The van der Waals surface area contributed by atoms with Crippen LogP contribution in [0.3, 0.4) is 0 Å². The van der Waals surface area contributed by atoms with Gasteiger partial charge in [-0.05, 0) is 18.7 Å². The molecule has 0 bridgehead atoms. The minimum atomic E-state index is -4.27. The first-order valence-electron chi connectivity index (χ1n) is 4.99. The zero-order chi connectivity index (χ0) is 13.8. The molecule has 0 aliphatic heterocycles. The van der Waals surface area contributed by atoms with Crippen LogP contribution in [0.5, 0.6) is 0 Å². The molecule has 18 heavy (non-hydrogen) atoms. The van der Waals surface area contributed by atoms with Crippen molar-refractivity contribution < 1.29 is 18.0 Å². The molecule has 1 atom stereocenters. The van der Waals surface area contributed by atoms with Crippen molar-refractivity contribution in [3.63, 3.8) is 0 Å². The van der Waals surface area contributed by atoms with E-state index in [2.05, 4.69) is 10.3 Å². The van der Waals surface area contributed by atoms with Crippen molar-refractivity contribution >= 4 is 29.0 Å². The van der Waals surface area contributed by atoms with Crippen molar-refractivity contribution in [3.05, 3.63) is 16.1 Å². The Hall–Kier alpha value is -0.800. The van der Waals surface area contributed by atoms with Gasteiger partial charge in [0.1, 0.15) is 10.7 Å². The molecule has 0 spiro atoms. The number of carbonyl (C=O) groups is 1. The number of hydrogen-bond acceptors (Lipinski definition) is 5. The lowest BCUT2D eigenvalue weighted by Gasteiger charge is -2.05. The van der Waals surface area contributed by atoms with Gasteiger partial charge in [-0.15, -0.1) is 11.3 Å². The van der Waals surface area contributed by atoms with Gasteiger partial charge in [0.25, 0.3) is 5.91 Å². The van der Waals surface area contributed by atoms with Crippen LogP contribution in [0, 0.1) is 0 Å². The molecule has 3 N–H and O–H groups in total. The van der Waals surface area contributed by atoms with Crippen LogP contribution in [-0.2, 0) is 0 Å². The van der Waals surface area contributed by atoms with Crippen LogP contribution < -0.4 is 11.1 Å². The van der Waals surface area contributed by atoms with Crippen LogP contribution in [0.15, 0.2) is 5.38 Å². The minimum Gasteiger partial charge on any atom is -0.350 e. The Labute approximate surface area is 110 Å². The Morgan fingerprint density at radius 2 is 2.33 bits per heavy atom. The van der Waals surface area contributed by atoms with Gasteiger partial charge >= 0.3 is 5.51 Å². The maximum absolute atomic E-state index is 11.8. The van der Waals surface area contributed by atoms with Crippen LogP contribution in [0.2, 0.25) is 0 Å². The number of hydrogen-bond donors (Lipinski definition) is 2. The third-order valence-electron chi connectivity index (χ3n) is 1.80. The highest BCUT2D eigenvalue weighted by Crippen LogP contribution is 2.29. The molecule has 1 amide bonds. The lowest BCUT2D eigenvalue weighted by Crippen LogP contribution is -2.26. The first-order chi connectivity index (χ1) is 8.29. The van der Waals surface area contributed by atoms with Crippen molar-refractivity contribution in [3.8, 4) is 0 Å². The fourth-order valence-electron chi connectivity index (χ4n) is 1.02. The molecule has 0 radical (unpaired) electrons. The summed E-state index contributed by atoms with van der Waals surface area (Å²) in [6.45, 7) is 1.68. The van der Waals surface area contributed by atoms with E-state index in [1.54, 1.807) is 6.92 Å². The molecule has 0 aliphatic rings. The van der Waals surface area contributed by atoms with E-state index < -0.39 is 11.4 Å². The smallest absolute Gasteiger partial charge is 0.350 e. The second-order valence-electron chi connectivity index (χ2n) is 3.41. The Kier molecular flexibility index (Phi) is 5.42. The lowest BCUT2D eigenvalue weighted by molar-refractivity contribution is -0.0327. The quantitative estimate of drug-likeness (QED) is 0.818. The molecule has 102 valence electrons. The molecule has 1 aromatic heterocycles. The molecule has 1 heterocycles. The number of rotatable bonds is 5.